The van der Waals surface area contributed by atoms with Crippen molar-refractivity contribution in [1.29, 1.82) is 0 Å². The number of halogens is 1. The highest BCUT2D eigenvalue weighted by atomic mass is 127. The van der Waals surface area contributed by atoms with Gasteiger partial charge in [0.15, 0.2) is 5.96 Å². The molecule has 1 heterocycles. The third-order valence-corrected chi connectivity index (χ3v) is 5.35. The van der Waals surface area contributed by atoms with Crippen LogP contribution in [0.25, 0.3) is 0 Å². The average molecular weight is 393 g/mol. The van der Waals surface area contributed by atoms with E-state index in [-0.39, 0.29) is 24.0 Å². The summed E-state index contributed by atoms with van der Waals surface area (Å²) in [7, 11) is 1.86. The minimum atomic E-state index is -0.470. The summed E-state index contributed by atoms with van der Waals surface area (Å²) in [4.78, 5) is 6.82. The average Bonchev–Trinajstić information content (AvgIpc) is 2.81. The molecule has 1 saturated heterocycles. The van der Waals surface area contributed by atoms with E-state index in [4.69, 9.17) is 0 Å². The van der Waals surface area contributed by atoms with E-state index in [1.807, 2.05) is 7.05 Å². The number of hydrogen-bond donors (Lipinski definition) is 2. The largest absolute Gasteiger partial charge is 0.388 e. The highest BCUT2D eigenvalue weighted by Gasteiger charge is 2.37. The van der Waals surface area contributed by atoms with Crippen molar-refractivity contribution >= 4 is 29.9 Å². The van der Waals surface area contributed by atoms with Crippen molar-refractivity contribution in [3.63, 3.8) is 0 Å². The van der Waals surface area contributed by atoms with Gasteiger partial charge < -0.3 is 15.3 Å². The molecule has 1 aliphatic heterocycles. The molecule has 3 aliphatic rings. The number of hydrogen-bond acceptors (Lipinski definition) is 2. The maximum Gasteiger partial charge on any atom is 0.193 e. The van der Waals surface area contributed by atoms with Crippen LogP contribution in [0.4, 0.5) is 0 Å². The summed E-state index contributed by atoms with van der Waals surface area (Å²) in [5.74, 6) is 2.74. The van der Waals surface area contributed by atoms with Crippen LogP contribution in [0.2, 0.25) is 0 Å². The second-order valence-electron chi connectivity index (χ2n) is 6.69. The lowest BCUT2D eigenvalue weighted by molar-refractivity contribution is -0.0282. The summed E-state index contributed by atoms with van der Waals surface area (Å²) >= 11 is 0. The Morgan fingerprint density at radius 2 is 1.80 bits per heavy atom. The minimum Gasteiger partial charge on any atom is -0.388 e. The van der Waals surface area contributed by atoms with Crippen LogP contribution >= 0.6 is 24.0 Å². The molecule has 0 bridgehead atoms. The summed E-state index contributed by atoms with van der Waals surface area (Å²) < 4.78 is 0. The van der Waals surface area contributed by atoms with E-state index in [2.05, 4.69) is 15.2 Å². The smallest absolute Gasteiger partial charge is 0.193 e. The number of guanidine groups is 1. The minimum absolute atomic E-state index is 0. The van der Waals surface area contributed by atoms with E-state index in [1.54, 1.807) is 0 Å². The molecule has 0 aromatic carbocycles. The molecule has 0 amide bonds. The van der Waals surface area contributed by atoms with Crippen LogP contribution in [0.3, 0.4) is 0 Å². The van der Waals surface area contributed by atoms with E-state index in [1.165, 1.54) is 25.7 Å². The summed E-state index contributed by atoms with van der Waals surface area (Å²) in [6.45, 7) is 2.97. The predicted molar refractivity (Wildman–Crippen MR) is 92.6 cm³/mol. The second-order valence-corrected chi connectivity index (χ2v) is 6.69. The topological polar surface area (TPSA) is 47.9 Å². The van der Waals surface area contributed by atoms with E-state index in [0.29, 0.717) is 6.54 Å². The van der Waals surface area contributed by atoms with Crippen molar-refractivity contribution in [2.45, 2.75) is 50.5 Å². The van der Waals surface area contributed by atoms with Crippen LogP contribution in [0.15, 0.2) is 4.99 Å². The summed E-state index contributed by atoms with van der Waals surface area (Å²) in [5.41, 5.74) is -0.470. The molecule has 0 radical (unpaired) electrons. The molecule has 2 unspecified atom stereocenters. The highest BCUT2D eigenvalue weighted by molar-refractivity contribution is 14.0. The van der Waals surface area contributed by atoms with Gasteiger partial charge in [-0.2, -0.15) is 0 Å². The molecule has 2 saturated carbocycles. The number of fused-ring (bicyclic) bond motifs is 1. The predicted octanol–water partition coefficient (Wildman–Crippen LogP) is 2.22. The number of aliphatic imine (C=N–C) groups is 1. The number of nitrogens with zero attached hydrogens (tertiary/aromatic N) is 2. The van der Waals surface area contributed by atoms with Crippen LogP contribution in [0.5, 0.6) is 0 Å². The van der Waals surface area contributed by atoms with Gasteiger partial charge >= 0.3 is 0 Å². The van der Waals surface area contributed by atoms with Gasteiger partial charge in [-0.15, -0.1) is 24.0 Å². The number of likely N-dealkylation sites (tertiary alicyclic amines) is 1. The Labute approximate surface area is 139 Å². The van der Waals surface area contributed by atoms with Crippen LogP contribution in [0, 0.1) is 11.8 Å². The molecule has 20 heavy (non-hydrogen) atoms. The second kappa shape index (κ2) is 6.81. The molecule has 5 heteroatoms. The fourth-order valence-corrected chi connectivity index (χ4v) is 3.92. The molecule has 2 atom stereocenters. The molecular formula is C15H28IN3O. The van der Waals surface area contributed by atoms with Crippen molar-refractivity contribution in [3.05, 3.63) is 0 Å². The lowest BCUT2D eigenvalue weighted by Gasteiger charge is -2.37. The van der Waals surface area contributed by atoms with Gasteiger partial charge in [0.2, 0.25) is 0 Å². The fourth-order valence-electron chi connectivity index (χ4n) is 3.92. The van der Waals surface area contributed by atoms with Gasteiger partial charge in [-0.3, -0.25) is 4.99 Å². The molecule has 0 aromatic rings. The number of nitrogens with one attached hydrogen (secondary N) is 1. The molecule has 2 N–H and O–H groups in total. The molecule has 3 rings (SSSR count). The van der Waals surface area contributed by atoms with Crippen LogP contribution < -0.4 is 5.32 Å². The first kappa shape index (κ1) is 16.3. The van der Waals surface area contributed by atoms with Gasteiger partial charge in [0.05, 0.1) is 5.60 Å². The zero-order valence-electron chi connectivity index (χ0n) is 12.5. The Morgan fingerprint density at radius 3 is 2.25 bits per heavy atom. The monoisotopic (exact) mass is 393 g/mol. The van der Waals surface area contributed by atoms with Crippen molar-refractivity contribution in [3.8, 4) is 0 Å². The Morgan fingerprint density at radius 1 is 1.20 bits per heavy atom. The normalized spacial score (nSPS) is 32.1. The lowest BCUT2D eigenvalue weighted by atomic mass is 9.80. The summed E-state index contributed by atoms with van der Waals surface area (Å²) in [6, 6.07) is 0. The maximum atomic E-state index is 10.2. The van der Waals surface area contributed by atoms with Gasteiger partial charge in [0.1, 0.15) is 0 Å². The van der Waals surface area contributed by atoms with Gasteiger partial charge in [-0.05, 0) is 43.9 Å². The van der Waals surface area contributed by atoms with E-state index in [9.17, 15) is 5.11 Å². The Balaban J connectivity index is 0.00000147. The molecular weight excluding hydrogens is 365 g/mol. The Bertz CT molecular complexity index is 343. The first-order valence-electron chi connectivity index (χ1n) is 7.88. The zero-order valence-corrected chi connectivity index (χ0v) is 14.8. The third-order valence-electron chi connectivity index (χ3n) is 5.35. The van der Waals surface area contributed by atoms with E-state index in [0.717, 1.165) is 50.1 Å². The quantitative estimate of drug-likeness (QED) is 0.430. The standard InChI is InChI=1S/C15H27N3O.HI/c1-16-14(17-11-15(19)7-4-8-15)18-9-12-5-2-3-6-13(12)10-18;/h12-13,19H,2-11H2,1H3,(H,16,17);1H. The highest BCUT2D eigenvalue weighted by Crippen LogP contribution is 2.36. The first-order chi connectivity index (χ1) is 9.20. The van der Waals surface area contributed by atoms with Gasteiger partial charge in [0.25, 0.3) is 0 Å². The van der Waals surface area contributed by atoms with Crippen LogP contribution in [0.1, 0.15) is 44.9 Å². The van der Waals surface area contributed by atoms with Crippen LogP contribution in [-0.2, 0) is 0 Å². The SMILES string of the molecule is CN=C(NCC1(O)CCC1)N1CC2CCCCC2C1.I. The van der Waals surface area contributed by atoms with Gasteiger partial charge in [-0.1, -0.05) is 12.8 Å². The summed E-state index contributed by atoms with van der Waals surface area (Å²) in [5, 5.41) is 13.6. The molecule has 0 spiro atoms. The molecule has 0 aromatic heterocycles. The number of rotatable bonds is 2. The first-order valence-corrected chi connectivity index (χ1v) is 7.88. The van der Waals surface area contributed by atoms with E-state index < -0.39 is 5.60 Å². The maximum absolute atomic E-state index is 10.2. The third kappa shape index (κ3) is 3.40. The van der Waals surface area contributed by atoms with Gasteiger partial charge in [-0.25, -0.2) is 0 Å². The Hall–Kier alpha value is -0.0400. The van der Waals surface area contributed by atoms with Gasteiger partial charge in [0, 0.05) is 26.7 Å². The molecule has 2 aliphatic carbocycles. The van der Waals surface area contributed by atoms with Crippen molar-refractivity contribution in [2.75, 3.05) is 26.7 Å². The molecule has 116 valence electrons. The van der Waals surface area contributed by atoms with Crippen molar-refractivity contribution in [2.24, 2.45) is 16.8 Å². The molecule has 4 nitrogen and oxygen atoms in total. The number of aliphatic hydroxyl groups is 1. The molecule has 3 fully saturated rings. The summed E-state index contributed by atoms with van der Waals surface area (Å²) in [6.07, 6.45) is 8.61. The van der Waals surface area contributed by atoms with E-state index >= 15 is 0 Å². The zero-order chi connectivity index (χ0) is 13.3. The van der Waals surface area contributed by atoms with Crippen LogP contribution in [-0.4, -0.2) is 48.2 Å². The lowest BCUT2D eigenvalue weighted by Crippen LogP contribution is -2.51. The Kier molecular flexibility index (Phi) is 5.56. The fraction of sp³-hybridized carbons (Fsp3) is 0.933. The van der Waals surface area contributed by atoms with Crippen molar-refractivity contribution < 1.29 is 5.11 Å². The van der Waals surface area contributed by atoms with Crippen molar-refractivity contribution in [1.82, 2.24) is 10.2 Å².